The van der Waals surface area contributed by atoms with Crippen LogP contribution in [-0.2, 0) is 6.42 Å². The predicted octanol–water partition coefficient (Wildman–Crippen LogP) is 6.44. The summed E-state index contributed by atoms with van der Waals surface area (Å²) in [6, 6.07) is 27.6. The molecule has 9 N–H and O–H groups in total. The number of aromatic nitrogens is 12. The number of carbonyl (C=O) groups is 1. The first-order valence-corrected chi connectivity index (χ1v) is 27.4. The fourth-order valence-electron chi connectivity index (χ4n) is 10.4. The molecule has 4 aliphatic rings. The number of anilines is 6. The summed E-state index contributed by atoms with van der Waals surface area (Å²) in [5.41, 5.74) is 18.1. The monoisotopic (exact) mass is 1080 g/mol. The number of carbonyl (C=O) groups excluding carboxylic acids is 1. The van der Waals surface area contributed by atoms with Gasteiger partial charge in [-0.05, 0) is 111 Å². The number of fused-ring (bicyclic) bond motifs is 4. The van der Waals surface area contributed by atoms with Crippen LogP contribution in [0.15, 0.2) is 115 Å². The van der Waals surface area contributed by atoms with Crippen molar-refractivity contribution < 1.29 is 9.18 Å². The lowest BCUT2D eigenvalue weighted by Gasteiger charge is -2.35. The van der Waals surface area contributed by atoms with E-state index in [0.29, 0.717) is 60.8 Å². The second-order valence-corrected chi connectivity index (χ2v) is 20.1. The van der Waals surface area contributed by atoms with Gasteiger partial charge in [0.15, 0.2) is 16.9 Å². The Balaban J connectivity index is 0.000000126. The van der Waals surface area contributed by atoms with Crippen molar-refractivity contribution in [1.82, 2.24) is 70.3 Å². The second-order valence-electron chi connectivity index (χ2n) is 20.1. The number of benzene rings is 2. The highest BCUT2D eigenvalue weighted by molar-refractivity contribution is 5.95. The average molecular weight is 1080 g/mol. The Bertz CT molecular complexity index is 3670. The van der Waals surface area contributed by atoms with E-state index < -0.39 is 5.82 Å². The summed E-state index contributed by atoms with van der Waals surface area (Å²) < 4.78 is 14.7. The largest absolute Gasteiger partial charge is 0.396 e. The Hall–Kier alpha value is -9.25. The van der Waals surface area contributed by atoms with Crippen LogP contribution in [0.25, 0.3) is 44.3 Å². The van der Waals surface area contributed by atoms with Gasteiger partial charge in [-0.2, -0.15) is 5.10 Å². The zero-order chi connectivity index (χ0) is 54.8. The quantitative estimate of drug-likeness (QED) is 0.0904. The minimum absolute atomic E-state index is 0.0331. The van der Waals surface area contributed by atoms with Crippen LogP contribution < -0.4 is 41.9 Å². The first-order chi connectivity index (χ1) is 39.2. The van der Waals surface area contributed by atoms with Crippen LogP contribution in [-0.4, -0.2) is 149 Å². The van der Waals surface area contributed by atoms with Crippen LogP contribution in [0.2, 0.25) is 0 Å². The van der Waals surface area contributed by atoms with Gasteiger partial charge in [-0.1, -0.05) is 24.3 Å². The SMILES string of the molecule is Nc1ccc(N2CCCCC2)nc1N.O=C(c1cc(Cc2n[nH]c(=O)c3ccccc23)ccc1F)N1CCN(c2ccc3[nH]cnc3n2)CC1.c1nc2nc(N3CCCCC3)ccc2[nH]1.c1nc2nc(N3CCNCC3)ccc2[nH]1. The molecular formula is C57H65FN20O2. The normalized spacial score (nSPS) is 15.7. The van der Waals surface area contributed by atoms with E-state index in [2.05, 4.69) is 97.1 Å². The molecule has 0 saturated carbocycles. The van der Waals surface area contributed by atoms with Crippen LogP contribution in [0, 0.1) is 5.82 Å². The van der Waals surface area contributed by atoms with E-state index in [-0.39, 0.29) is 17.0 Å². The number of aromatic amines is 4. The molecule has 22 nitrogen and oxygen atoms in total. The molecule has 0 aliphatic carbocycles. The molecule has 0 unspecified atom stereocenters. The van der Waals surface area contributed by atoms with E-state index in [1.165, 1.54) is 44.6 Å². The topological polar surface area (TPSA) is 281 Å². The van der Waals surface area contributed by atoms with Crippen molar-refractivity contribution in [2.45, 2.75) is 44.9 Å². The lowest BCUT2D eigenvalue weighted by atomic mass is 10.0. The van der Waals surface area contributed by atoms with Crippen molar-refractivity contribution in [1.29, 1.82) is 0 Å². The van der Waals surface area contributed by atoms with Crippen molar-refractivity contribution in [2.75, 3.05) is 110 Å². The van der Waals surface area contributed by atoms with Gasteiger partial charge in [0.1, 0.15) is 34.9 Å². The summed E-state index contributed by atoms with van der Waals surface area (Å²) in [5.74, 6) is 3.38. The molecule has 80 heavy (non-hydrogen) atoms. The van der Waals surface area contributed by atoms with Gasteiger partial charge in [0.25, 0.3) is 11.5 Å². The van der Waals surface area contributed by atoms with E-state index in [9.17, 15) is 14.0 Å². The van der Waals surface area contributed by atoms with Crippen molar-refractivity contribution in [3.05, 3.63) is 143 Å². The minimum Gasteiger partial charge on any atom is -0.396 e. The zero-order valence-corrected chi connectivity index (χ0v) is 44.5. The van der Waals surface area contributed by atoms with Crippen molar-refractivity contribution in [3.63, 3.8) is 0 Å². The summed E-state index contributed by atoms with van der Waals surface area (Å²) in [5, 5.41) is 11.3. The molecule has 4 fully saturated rings. The average Bonchev–Trinajstić information content (AvgIpc) is 4.36. The third-order valence-electron chi connectivity index (χ3n) is 14.8. The van der Waals surface area contributed by atoms with Gasteiger partial charge >= 0.3 is 0 Å². The number of amides is 1. The van der Waals surface area contributed by atoms with E-state index in [1.807, 2.05) is 48.5 Å². The lowest BCUT2D eigenvalue weighted by molar-refractivity contribution is 0.0741. The van der Waals surface area contributed by atoms with E-state index in [1.54, 1.807) is 48.1 Å². The number of nitrogens with two attached hydrogens (primary N) is 2. The number of piperazine rings is 2. The molecule has 1 amide bonds. The summed E-state index contributed by atoms with van der Waals surface area (Å²) in [6.07, 6.45) is 13.0. The molecule has 14 rings (SSSR count). The molecule has 0 bridgehead atoms. The molecule has 8 aromatic heterocycles. The Morgan fingerprint density at radius 2 is 1.02 bits per heavy atom. The third-order valence-corrected chi connectivity index (χ3v) is 14.8. The Labute approximate surface area is 460 Å². The molecule has 4 aliphatic heterocycles. The fourth-order valence-corrected chi connectivity index (χ4v) is 10.4. The molecule has 0 atom stereocenters. The first-order valence-electron chi connectivity index (χ1n) is 27.4. The summed E-state index contributed by atoms with van der Waals surface area (Å²) in [7, 11) is 0. The number of hydrogen-bond donors (Lipinski definition) is 7. The number of hydrogen-bond acceptors (Lipinski definition) is 17. The van der Waals surface area contributed by atoms with Gasteiger partial charge in [-0.15, -0.1) is 0 Å². The maximum atomic E-state index is 14.7. The number of H-pyrrole nitrogens is 4. The van der Waals surface area contributed by atoms with Gasteiger partial charge in [0, 0.05) is 90.3 Å². The van der Waals surface area contributed by atoms with Gasteiger partial charge in [0.05, 0.1) is 57.9 Å². The number of pyridine rings is 4. The fraction of sp³-hybridized carbons (Fsp3) is 0.333. The maximum absolute atomic E-state index is 14.7. The lowest BCUT2D eigenvalue weighted by Crippen LogP contribution is -2.49. The Kier molecular flexibility index (Phi) is 16.2. The molecule has 23 heteroatoms. The molecule has 412 valence electrons. The number of imidazole rings is 3. The molecule has 2 aromatic carbocycles. The Morgan fingerprint density at radius 1 is 0.537 bits per heavy atom. The molecule has 10 aromatic rings. The van der Waals surface area contributed by atoms with Crippen LogP contribution in [0.4, 0.5) is 39.2 Å². The van der Waals surface area contributed by atoms with E-state index in [0.717, 1.165) is 114 Å². The van der Waals surface area contributed by atoms with Crippen LogP contribution >= 0.6 is 0 Å². The van der Waals surface area contributed by atoms with Gasteiger partial charge < -0.3 is 56.2 Å². The van der Waals surface area contributed by atoms with Crippen molar-refractivity contribution >= 4 is 84.9 Å². The third kappa shape index (κ3) is 12.4. The van der Waals surface area contributed by atoms with Crippen LogP contribution in [0.3, 0.4) is 0 Å². The second kappa shape index (κ2) is 24.6. The molecule has 0 radical (unpaired) electrons. The highest BCUT2D eigenvalue weighted by atomic mass is 19.1. The van der Waals surface area contributed by atoms with Crippen molar-refractivity contribution in [2.24, 2.45) is 0 Å². The summed E-state index contributed by atoms with van der Waals surface area (Å²) >= 11 is 0. The smallest absolute Gasteiger partial charge is 0.272 e. The van der Waals surface area contributed by atoms with Gasteiger partial charge in [0.2, 0.25) is 0 Å². The summed E-state index contributed by atoms with van der Waals surface area (Å²) in [4.78, 5) is 75.6. The number of nitrogen functional groups attached to an aromatic ring is 2. The van der Waals surface area contributed by atoms with Crippen molar-refractivity contribution in [3.8, 4) is 0 Å². The minimum atomic E-state index is -0.559. The predicted molar refractivity (Wildman–Crippen MR) is 312 cm³/mol. The molecule has 0 spiro atoms. The Morgan fingerprint density at radius 3 is 1.56 bits per heavy atom. The van der Waals surface area contributed by atoms with Crippen LogP contribution in [0.1, 0.15) is 60.1 Å². The van der Waals surface area contributed by atoms with E-state index in [4.69, 9.17) is 11.5 Å². The molecule has 4 saturated heterocycles. The number of rotatable bonds is 7. The number of piperidine rings is 2. The zero-order valence-electron chi connectivity index (χ0n) is 44.5. The molecule has 12 heterocycles. The number of nitrogens with one attached hydrogen (secondary N) is 5. The van der Waals surface area contributed by atoms with Gasteiger partial charge in [-0.25, -0.2) is 44.4 Å². The first kappa shape index (κ1) is 52.8. The molecular weight excluding hydrogens is 1020 g/mol. The highest BCUT2D eigenvalue weighted by Crippen LogP contribution is 2.25. The number of nitrogens with zero attached hydrogens (tertiary/aromatic N) is 13. The highest BCUT2D eigenvalue weighted by Gasteiger charge is 2.26. The van der Waals surface area contributed by atoms with Gasteiger partial charge in [-0.3, -0.25) is 9.59 Å². The summed E-state index contributed by atoms with van der Waals surface area (Å²) in [6.45, 7) is 10.6. The standard InChI is InChI=1S/C26H22FN7O2.C11H14N4.C10H13N5.C10H16N4/c27-20-6-5-16(14-22-17-3-1-2-4-18(17)25(35)32-31-22)13-19(20)26(36)34-11-9-33(10-12-34)23-8-7-21-24(30-23)29-15-28-21;1-2-6-15(7-3-1)10-5-4-9-11(14-10)13-8-12-9;1-2-9(15-5-3-11-4-6-15)14-10-8(1)12-7-13-10;11-8-4-5-9(13-10(8)12)14-6-2-1-3-7-14/h1-8,13,15H,9-12,14H2,(H,32,35)(H,28,29,30);4-5,8H,1-3,6-7H2,(H,12,13,14);1-2,7,11H,3-6H2,(H,12,13,14);4-5H,1-3,6-7,11H2,(H2,12,13). The van der Waals surface area contributed by atoms with Crippen LogP contribution in [0.5, 0.6) is 0 Å². The van der Waals surface area contributed by atoms with E-state index >= 15 is 0 Å². The maximum Gasteiger partial charge on any atom is 0.272 e. The number of halogens is 1.